The zero-order chi connectivity index (χ0) is 27.8. The fourth-order valence-electron chi connectivity index (χ4n) is 3.70. The molecule has 0 saturated heterocycles. The highest BCUT2D eigenvalue weighted by Crippen LogP contribution is 2.36. The summed E-state index contributed by atoms with van der Waals surface area (Å²) in [4.78, 5) is 25.5. The SMILES string of the molecule is C=CCn1c(COc2ccc(CC)cc2)nnc1SCC(=O)Nc1scc(-c2ccc(Cl)cc2)c1C(=O)OC. The molecule has 1 amide bonds. The minimum absolute atomic E-state index is 0.0589. The number of amides is 1. The smallest absolute Gasteiger partial charge is 0.341 e. The summed E-state index contributed by atoms with van der Waals surface area (Å²) in [6.07, 6.45) is 2.70. The van der Waals surface area contributed by atoms with Crippen molar-refractivity contribution in [2.24, 2.45) is 0 Å². The van der Waals surface area contributed by atoms with Gasteiger partial charge in [0.1, 0.15) is 22.9 Å². The number of hydrogen-bond acceptors (Lipinski definition) is 8. The number of hydrogen-bond donors (Lipinski definition) is 1. The van der Waals surface area contributed by atoms with Crippen LogP contribution in [0.4, 0.5) is 5.00 Å². The number of thioether (sulfide) groups is 1. The van der Waals surface area contributed by atoms with Crippen molar-refractivity contribution in [2.75, 3.05) is 18.2 Å². The van der Waals surface area contributed by atoms with Gasteiger partial charge in [0.25, 0.3) is 0 Å². The summed E-state index contributed by atoms with van der Waals surface area (Å²) >= 11 is 8.49. The number of allylic oxidation sites excluding steroid dienone is 1. The lowest BCUT2D eigenvalue weighted by Crippen LogP contribution is -2.16. The lowest BCUT2D eigenvalue weighted by Gasteiger charge is -2.10. The van der Waals surface area contributed by atoms with E-state index in [0.29, 0.717) is 38.7 Å². The van der Waals surface area contributed by atoms with Gasteiger partial charge in [0, 0.05) is 22.5 Å². The summed E-state index contributed by atoms with van der Waals surface area (Å²) < 4.78 is 12.7. The van der Waals surface area contributed by atoms with Crippen molar-refractivity contribution < 1.29 is 19.1 Å². The van der Waals surface area contributed by atoms with E-state index in [1.54, 1.807) is 23.6 Å². The highest BCUT2D eigenvalue weighted by molar-refractivity contribution is 7.99. The summed E-state index contributed by atoms with van der Waals surface area (Å²) in [6.45, 7) is 6.61. The number of aromatic nitrogens is 3. The monoisotopic (exact) mass is 582 g/mol. The van der Waals surface area contributed by atoms with E-state index in [1.807, 2.05) is 41.0 Å². The van der Waals surface area contributed by atoms with Crippen LogP contribution in [0.25, 0.3) is 11.1 Å². The number of halogens is 1. The second-order valence-corrected chi connectivity index (χ2v) is 10.5. The Labute approximate surface area is 240 Å². The largest absolute Gasteiger partial charge is 0.486 e. The number of thiophene rings is 1. The Morgan fingerprint density at radius 2 is 1.90 bits per heavy atom. The van der Waals surface area contributed by atoms with Crippen LogP contribution in [-0.4, -0.2) is 39.5 Å². The third kappa shape index (κ3) is 7.08. The first-order valence-electron chi connectivity index (χ1n) is 12.1. The number of aryl methyl sites for hydroxylation is 1. The topological polar surface area (TPSA) is 95.3 Å². The van der Waals surface area contributed by atoms with Crippen LogP contribution in [0.3, 0.4) is 0 Å². The van der Waals surface area contributed by atoms with E-state index in [-0.39, 0.29) is 18.3 Å². The highest BCUT2D eigenvalue weighted by Gasteiger charge is 2.23. The van der Waals surface area contributed by atoms with Crippen LogP contribution in [0.2, 0.25) is 5.02 Å². The second kappa shape index (κ2) is 13.5. The molecule has 0 unspecified atom stereocenters. The van der Waals surface area contributed by atoms with E-state index in [4.69, 9.17) is 21.1 Å². The van der Waals surface area contributed by atoms with Crippen LogP contribution in [0, 0.1) is 0 Å². The molecule has 0 radical (unpaired) electrons. The molecular weight excluding hydrogens is 556 g/mol. The molecule has 0 bridgehead atoms. The van der Waals surface area contributed by atoms with Gasteiger partial charge < -0.3 is 14.8 Å². The maximum atomic E-state index is 12.9. The Bertz CT molecular complexity index is 1450. The van der Waals surface area contributed by atoms with E-state index in [2.05, 4.69) is 29.0 Å². The number of nitrogens with one attached hydrogen (secondary N) is 1. The Hall–Kier alpha value is -3.60. The number of carbonyl (C=O) groups excluding carboxylic acids is 2. The summed E-state index contributed by atoms with van der Waals surface area (Å²) in [5.41, 5.74) is 2.98. The Morgan fingerprint density at radius 1 is 1.15 bits per heavy atom. The van der Waals surface area contributed by atoms with Gasteiger partial charge in [-0.25, -0.2) is 4.79 Å². The maximum absolute atomic E-state index is 12.9. The summed E-state index contributed by atoms with van der Waals surface area (Å²) in [6, 6.07) is 15.0. The standard InChI is InChI=1S/C28H27ClN4O4S2/c1-4-14-33-23(15-37-21-12-6-18(5-2)7-13-21)31-32-28(33)39-17-24(34)30-26-25(27(35)36-3)22(16-38-26)19-8-10-20(29)11-9-19/h4,6-13,16H,1,5,14-15,17H2,2-3H3,(H,30,34). The van der Waals surface area contributed by atoms with E-state index in [0.717, 1.165) is 17.7 Å². The number of esters is 1. The zero-order valence-electron chi connectivity index (χ0n) is 21.5. The van der Waals surface area contributed by atoms with Gasteiger partial charge in [-0.2, -0.15) is 0 Å². The first-order valence-corrected chi connectivity index (χ1v) is 14.3. The Balaban J connectivity index is 1.43. The number of methoxy groups -OCH3 is 1. The Morgan fingerprint density at radius 3 is 2.56 bits per heavy atom. The maximum Gasteiger partial charge on any atom is 0.341 e. The van der Waals surface area contributed by atoms with Gasteiger partial charge in [-0.1, -0.05) is 60.6 Å². The van der Waals surface area contributed by atoms with Crippen LogP contribution in [-0.2, 0) is 29.1 Å². The van der Waals surface area contributed by atoms with Crippen LogP contribution in [0.15, 0.2) is 71.7 Å². The molecule has 0 aliphatic rings. The number of ether oxygens (including phenoxy) is 2. The molecule has 2 aromatic heterocycles. The average molecular weight is 583 g/mol. The van der Waals surface area contributed by atoms with Gasteiger partial charge in [0.15, 0.2) is 11.0 Å². The molecule has 202 valence electrons. The van der Waals surface area contributed by atoms with E-state index in [9.17, 15) is 9.59 Å². The molecule has 0 atom stereocenters. The molecule has 39 heavy (non-hydrogen) atoms. The number of benzene rings is 2. The van der Waals surface area contributed by atoms with Crippen molar-refractivity contribution in [2.45, 2.75) is 31.7 Å². The number of anilines is 1. The fourth-order valence-corrected chi connectivity index (χ4v) is 5.57. The number of rotatable bonds is 12. The van der Waals surface area contributed by atoms with Crippen molar-refractivity contribution in [1.29, 1.82) is 0 Å². The van der Waals surface area contributed by atoms with Gasteiger partial charge in [0.05, 0.1) is 12.9 Å². The Kier molecular flexibility index (Phi) is 9.80. The molecule has 11 heteroatoms. The molecule has 0 saturated carbocycles. The minimum atomic E-state index is -0.538. The minimum Gasteiger partial charge on any atom is -0.486 e. The average Bonchev–Trinajstić information content (AvgIpc) is 3.55. The van der Waals surface area contributed by atoms with Crippen molar-refractivity contribution >= 4 is 51.6 Å². The lowest BCUT2D eigenvalue weighted by molar-refractivity contribution is -0.113. The molecular formula is C28H27ClN4O4S2. The number of nitrogens with zero attached hydrogens (tertiary/aromatic N) is 3. The lowest BCUT2D eigenvalue weighted by atomic mass is 10.0. The first kappa shape index (κ1) is 28.4. The van der Waals surface area contributed by atoms with Crippen molar-refractivity contribution in [1.82, 2.24) is 14.8 Å². The van der Waals surface area contributed by atoms with Crippen molar-refractivity contribution in [3.05, 3.63) is 88.5 Å². The van der Waals surface area contributed by atoms with Crippen LogP contribution in [0.1, 0.15) is 28.7 Å². The van der Waals surface area contributed by atoms with Crippen LogP contribution < -0.4 is 10.1 Å². The van der Waals surface area contributed by atoms with Crippen LogP contribution >= 0.6 is 34.7 Å². The van der Waals surface area contributed by atoms with Crippen LogP contribution in [0.5, 0.6) is 5.75 Å². The first-order chi connectivity index (χ1) is 18.9. The van der Waals surface area contributed by atoms with E-state index >= 15 is 0 Å². The van der Waals surface area contributed by atoms with Crippen molar-refractivity contribution in [3.63, 3.8) is 0 Å². The van der Waals surface area contributed by atoms with Gasteiger partial charge >= 0.3 is 5.97 Å². The molecule has 0 spiro atoms. The summed E-state index contributed by atoms with van der Waals surface area (Å²) in [7, 11) is 1.31. The molecule has 0 fully saturated rings. The predicted octanol–water partition coefficient (Wildman–Crippen LogP) is 6.50. The molecule has 4 rings (SSSR count). The molecule has 2 heterocycles. The molecule has 1 N–H and O–H groups in total. The van der Waals surface area contributed by atoms with Crippen molar-refractivity contribution in [3.8, 4) is 16.9 Å². The summed E-state index contributed by atoms with van der Waals surface area (Å²) in [5, 5.41) is 14.7. The van der Waals surface area contributed by atoms with Gasteiger partial charge in [0.2, 0.25) is 5.91 Å². The van der Waals surface area contributed by atoms with Gasteiger partial charge in [-0.05, 0) is 41.8 Å². The van der Waals surface area contributed by atoms with Gasteiger partial charge in [-0.3, -0.25) is 9.36 Å². The molecule has 2 aromatic carbocycles. The quantitative estimate of drug-likeness (QED) is 0.116. The molecule has 0 aliphatic heterocycles. The predicted molar refractivity (Wildman–Crippen MR) is 156 cm³/mol. The fraction of sp³-hybridized carbons (Fsp3) is 0.214. The van der Waals surface area contributed by atoms with E-state index < -0.39 is 5.97 Å². The third-order valence-electron chi connectivity index (χ3n) is 5.73. The summed E-state index contributed by atoms with van der Waals surface area (Å²) in [5.74, 6) is 0.588. The zero-order valence-corrected chi connectivity index (χ0v) is 23.9. The molecule has 4 aromatic rings. The molecule has 0 aliphatic carbocycles. The van der Waals surface area contributed by atoms with Gasteiger partial charge in [-0.15, -0.1) is 28.1 Å². The molecule has 8 nitrogen and oxygen atoms in total. The van der Waals surface area contributed by atoms with E-state index in [1.165, 1.54) is 35.8 Å². The third-order valence-corrected chi connectivity index (χ3v) is 7.84. The highest BCUT2D eigenvalue weighted by atomic mass is 35.5. The second-order valence-electron chi connectivity index (χ2n) is 8.27. The number of carbonyl (C=O) groups is 2. The normalized spacial score (nSPS) is 10.7.